The van der Waals surface area contributed by atoms with Crippen molar-refractivity contribution < 1.29 is 0 Å². The molecule has 0 aliphatic heterocycles. The van der Waals surface area contributed by atoms with E-state index < -0.39 is 0 Å². The quantitative estimate of drug-likeness (QED) is 0.790. The molecule has 1 rings (SSSR count). The number of hydrogen-bond acceptors (Lipinski definition) is 3. The summed E-state index contributed by atoms with van der Waals surface area (Å²) >= 11 is 0. The first kappa shape index (κ1) is 18.1. The van der Waals surface area contributed by atoms with Crippen LogP contribution in [-0.4, -0.2) is 41.9 Å². The van der Waals surface area contributed by atoms with E-state index in [1.165, 1.54) is 6.42 Å². The number of rotatable bonds is 6. The van der Waals surface area contributed by atoms with Gasteiger partial charge >= 0.3 is 0 Å². The lowest BCUT2D eigenvalue weighted by Gasteiger charge is -2.08. The fourth-order valence-corrected chi connectivity index (χ4v) is 1.29. The molecule has 1 N–H and O–H groups in total. The Morgan fingerprint density at radius 1 is 1.38 bits per heavy atom. The van der Waals surface area contributed by atoms with Crippen LogP contribution in [-0.2, 0) is 13.6 Å². The molecule has 0 radical (unpaired) electrons. The third-order valence-corrected chi connectivity index (χ3v) is 2.03. The van der Waals surface area contributed by atoms with Crippen molar-refractivity contribution in [3.8, 4) is 0 Å². The van der Waals surface area contributed by atoms with Gasteiger partial charge in [-0.2, -0.15) is 5.10 Å². The minimum Gasteiger partial charge on any atom is -0.311 e. The monoisotopic (exact) mass is 268 g/mol. The number of nitrogens with zero attached hydrogens (tertiary/aromatic N) is 3. The molecular formula is C10H22Cl2N4. The highest BCUT2D eigenvalue weighted by Crippen LogP contribution is 1.92. The summed E-state index contributed by atoms with van der Waals surface area (Å²) in [6, 6.07) is 2.04. The summed E-state index contributed by atoms with van der Waals surface area (Å²) in [5.41, 5.74) is 1.11. The minimum absolute atomic E-state index is 0. The number of hydrogen-bond donors (Lipinski definition) is 1. The van der Waals surface area contributed by atoms with Crippen LogP contribution < -0.4 is 5.32 Å². The molecule has 1 aromatic heterocycles. The van der Waals surface area contributed by atoms with E-state index in [2.05, 4.69) is 29.4 Å². The molecule has 0 atom stereocenters. The van der Waals surface area contributed by atoms with Crippen LogP contribution >= 0.6 is 24.8 Å². The van der Waals surface area contributed by atoms with Crippen LogP contribution in [0.25, 0.3) is 0 Å². The van der Waals surface area contributed by atoms with Crippen LogP contribution in [0, 0.1) is 0 Å². The first-order valence-electron chi connectivity index (χ1n) is 5.02. The van der Waals surface area contributed by atoms with Crippen LogP contribution in [0.3, 0.4) is 0 Å². The van der Waals surface area contributed by atoms with Gasteiger partial charge in [-0.15, -0.1) is 24.8 Å². The third-order valence-electron chi connectivity index (χ3n) is 2.03. The Balaban J connectivity index is 0. The van der Waals surface area contributed by atoms with E-state index in [9.17, 15) is 0 Å². The Bertz CT molecular complexity index is 263. The van der Waals surface area contributed by atoms with Gasteiger partial charge in [0.25, 0.3) is 0 Å². The summed E-state index contributed by atoms with van der Waals surface area (Å²) in [5.74, 6) is 0. The maximum absolute atomic E-state index is 4.29. The molecule has 0 unspecified atom stereocenters. The van der Waals surface area contributed by atoms with Crippen molar-refractivity contribution >= 4 is 24.8 Å². The lowest BCUT2D eigenvalue weighted by Crippen LogP contribution is -2.21. The molecule has 0 bridgehead atoms. The van der Waals surface area contributed by atoms with E-state index >= 15 is 0 Å². The Morgan fingerprint density at radius 3 is 2.56 bits per heavy atom. The smallest absolute Gasteiger partial charge is 0.0762 e. The van der Waals surface area contributed by atoms with Gasteiger partial charge in [-0.1, -0.05) is 0 Å². The summed E-state index contributed by atoms with van der Waals surface area (Å²) in [5, 5.41) is 7.66. The van der Waals surface area contributed by atoms with E-state index in [1.807, 2.05) is 24.0 Å². The highest BCUT2D eigenvalue weighted by atomic mass is 35.5. The lowest BCUT2D eigenvalue weighted by molar-refractivity contribution is 0.394. The molecule has 0 fully saturated rings. The van der Waals surface area contributed by atoms with Crippen LogP contribution in [0.5, 0.6) is 0 Å². The lowest BCUT2D eigenvalue weighted by atomic mass is 10.4. The topological polar surface area (TPSA) is 33.1 Å². The predicted octanol–water partition coefficient (Wildman–Crippen LogP) is 1.30. The summed E-state index contributed by atoms with van der Waals surface area (Å²) in [4.78, 5) is 2.20. The Kier molecular flexibility index (Phi) is 11.2. The zero-order valence-corrected chi connectivity index (χ0v) is 11.8. The van der Waals surface area contributed by atoms with Gasteiger partial charge in [0.15, 0.2) is 0 Å². The molecule has 0 aliphatic rings. The molecule has 0 aliphatic carbocycles. The van der Waals surface area contributed by atoms with Gasteiger partial charge in [0.1, 0.15) is 0 Å². The zero-order valence-electron chi connectivity index (χ0n) is 10.1. The Morgan fingerprint density at radius 2 is 2.06 bits per heavy atom. The zero-order chi connectivity index (χ0) is 10.4. The van der Waals surface area contributed by atoms with Crippen LogP contribution in [0.4, 0.5) is 0 Å². The van der Waals surface area contributed by atoms with E-state index in [0.29, 0.717) is 0 Å². The Labute approximate surface area is 110 Å². The molecule has 0 amide bonds. The van der Waals surface area contributed by atoms with Gasteiger partial charge < -0.3 is 10.2 Å². The summed E-state index contributed by atoms with van der Waals surface area (Å²) in [6.45, 7) is 3.05. The highest BCUT2D eigenvalue weighted by Gasteiger charge is 1.95. The number of aromatic nitrogens is 2. The van der Waals surface area contributed by atoms with E-state index in [4.69, 9.17) is 0 Å². The standard InChI is InChI=1S/C10H20N4.2ClH/c1-13(2)7-4-6-11-9-10-5-8-14(3)12-10;;/h5,8,11H,4,6-7,9H2,1-3H3;2*1H. The van der Waals surface area contributed by atoms with Crippen LogP contribution in [0.15, 0.2) is 12.3 Å². The van der Waals surface area contributed by atoms with Gasteiger partial charge in [0, 0.05) is 19.8 Å². The molecule has 1 aromatic rings. The van der Waals surface area contributed by atoms with Crippen molar-refractivity contribution in [3.63, 3.8) is 0 Å². The first-order valence-corrected chi connectivity index (χ1v) is 5.02. The van der Waals surface area contributed by atoms with Gasteiger partial charge in [-0.05, 0) is 39.7 Å². The van der Waals surface area contributed by atoms with Gasteiger partial charge in [-0.25, -0.2) is 0 Å². The van der Waals surface area contributed by atoms with Crippen molar-refractivity contribution in [2.24, 2.45) is 7.05 Å². The van der Waals surface area contributed by atoms with Crippen molar-refractivity contribution in [3.05, 3.63) is 18.0 Å². The van der Waals surface area contributed by atoms with Gasteiger partial charge in [-0.3, -0.25) is 4.68 Å². The van der Waals surface area contributed by atoms with Gasteiger partial charge in [0.05, 0.1) is 5.69 Å². The van der Waals surface area contributed by atoms with Crippen molar-refractivity contribution in [2.45, 2.75) is 13.0 Å². The van der Waals surface area contributed by atoms with E-state index in [1.54, 1.807) is 0 Å². The number of halogens is 2. The van der Waals surface area contributed by atoms with Crippen LogP contribution in [0.1, 0.15) is 12.1 Å². The SMILES string of the molecule is CN(C)CCCNCc1ccn(C)n1.Cl.Cl. The molecular weight excluding hydrogens is 247 g/mol. The predicted molar refractivity (Wildman–Crippen MR) is 72.6 cm³/mol. The molecule has 1 heterocycles. The molecule has 0 saturated carbocycles. The molecule has 0 spiro atoms. The molecule has 0 aromatic carbocycles. The van der Waals surface area contributed by atoms with Crippen molar-refractivity contribution in [1.29, 1.82) is 0 Å². The second kappa shape index (κ2) is 9.90. The average molecular weight is 269 g/mol. The average Bonchev–Trinajstić information content (AvgIpc) is 2.50. The maximum atomic E-state index is 4.29. The van der Waals surface area contributed by atoms with Crippen molar-refractivity contribution in [2.75, 3.05) is 27.2 Å². The van der Waals surface area contributed by atoms with Crippen molar-refractivity contribution in [1.82, 2.24) is 20.0 Å². The minimum atomic E-state index is 0. The Hall–Kier alpha value is -0.290. The molecule has 0 saturated heterocycles. The normalized spacial score (nSPS) is 9.75. The summed E-state index contributed by atoms with van der Waals surface area (Å²) < 4.78 is 1.83. The molecule has 16 heavy (non-hydrogen) atoms. The summed E-state index contributed by atoms with van der Waals surface area (Å²) in [6.07, 6.45) is 3.15. The second-order valence-corrected chi connectivity index (χ2v) is 3.81. The van der Waals surface area contributed by atoms with Crippen LogP contribution in [0.2, 0.25) is 0 Å². The summed E-state index contributed by atoms with van der Waals surface area (Å²) in [7, 11) is 6.13. The molecule has 6 heteroatoms. The molecule has 96 valence electrons. The number of aryl methyl sites for hydroxylation is 1. The first-order chi connectivity index (χ1) is 6.68. The molecule has 4 nitrogen and oxygen atoms in total. The maximum Gasteiger partial charge on any atom is 0.0762 e. The highest BCUT2D eigenvalue weighted by molar-refractivity contribution is 5.85. The van der Waals surface area contributed by atoms with E-state index in [0.717, 1.165) is 25.3 Å². The fourth-order valence-electron chi connectivity index (χ4n) is 1.29. The second-order valence-electron chi connectivity index (χ2n) is 3.81. The number of nitrogens with one attached hydrogen (secondary N) is 1. The fraction of sp³-hybridized carbons (Fsp3) is 0.700. The largest absolute Gasteiger partial charge is 0.311 e. The van der Waals surface area contributed by atoms with E-state index in [-0.39, 0.29) is 24.8 Å². The third kappa shape index (κ3) is 7.93. The van der Waals surface area contributed by atoms with Gasteiger partial charge in [0.2, 0.25) is 0 Å².